The van der Waals surface area contributed by atoms with Crippen LogP contribution in [0.2, 0.25) is 10.0 Å². The summed E-state index contributed by atoms with van der Waals surface area (Å²) >= 11 is 12.4. The minimum Gasteiger partial charge on any atom is -0.496 e. The Hall–Kier alpha value is -12.0. The van der Waals surface area contributed by atoms with E-state index in [-0.39, 0.29) is 11.5 Å². The molecule has 5 fully saturated rings. The number of sulfone groups is 1. The summed E-state index contributed by atoms with van der Waals surface area (Å²) in [4.78, 5) is 65.2. The Kier molecular flexibility index (Phi) is 33.6. The van der Waals surface area contributed by atoms with Crippen molar-refractivity contribution in [2.24, 2.45) is 5.92 Å². The number of nitrogens with zero attached hydrogens (tertiary/aromatic N) is 15. The third-order valence-corrected chi connectivity index (χ3v) is 28.4. The van der Waals surface area contributed by atoms with Crippen LogP contribution in [0.5, 0.6) is 17.2 Å². The number of ketones is 1. The summed E-state index contributed by atoms with van der Waals surface area (Å²) in [6.45, 7) is 26.3. The Labute approximate surface area is 799 Å². The number of Topliss-reactive ketones (excluding diaryl/α,β-unsaturated/α-hetero) is 1. The third-order valence-electron chi connectivity index (χ3n) is 25.2. The van der Waals surface area contributed by atoms with E-state index in [9.17, 15) is 17.6 Å². The molecule has 0 unspecified atom stereocenters. The lowest BCUT2D eigenvalue weighted by Gasteiger charge is -2.34. The van der Waals surface area contributed by atoms with Crippen LogP contribution in [0, 0.1) is 32.5 Å². The topological polar surface area (TPSA) is 253 Å². The molecule has 4 saturated heterocycles. The van der Waals surface area contributed by atoms with Gasteiger partial charge in [-0.3, -0.25) is 4.79 Å². The van der Waals surface area contributed by atoms with Crippen LogP contribution in [-0.4, -0.2) is 220 Å². The number of carbonyl (C=O) groups excluding carboxylic acids is 1. The highest BCUT2D eigenvalue weighted by atomic mass is 35.5. The van der Waals surface area contributed by atoms with Crippen molar-refractivity contribution in [1.29, 1.82) is 0 Å². The van der Waals surface area contributed by atoms with Gasteiger partial charge in [0.05, 0.1) is 70.8 Å². The molecule has 0 bridgehead atoms. The molecule has 25 nitrogen and oxygen atoms in total. The Morgan fingerprint density at radius 2 is 0.866 bits per heavy atom. The zero-order chi connectivity index (χ0) is 94.6. The molecule has 4 aromatic heterocycles. The standard InChI is InChI=1S/C29H38N4O2S.C27H30FN5O.C25H30ClN5O2.C24H28ClN5O/c1-21-19-30-28(31-26-11-9-24(10-12-26)25-13-15-33(5)16-14-25)32-27(21)18-22-7-6-8-23(17-22)20-36(34,35)29(2,3)4;1-32-12-14-33(15-13-32)23-10-8-22(9-11-23)30-27-29-18-24(28)25(31-27)16-19-4-6-21(7-5-19)26(34)17-20-2-3-20;1-17-16-27-25(28-19-5-7-20(8-6-19)31-11-9-30(2)10-12-31)29-22(17)13-18-14-24(33-4)21(26)15-23(18)32-3;1-17-14-20(15-18-4-9-22(25)23(16-18)31-3)28-24(26-17)27-19-5-7-21(8-6-19)30-12-10-29(2)11-13-30/h6-12,17,19,25H,13-16,18,20H2,1-5H3,(H,30,31,32);4-11,18,20H,2-3,12-17H2,1H3,(H,29,30,31);5-8,14-16H,9-13H2,1-4H3,(H,27,28,29);4-9,14,16H,10-13,15H2,1-3H3,(H,26,27,28). The number of piperidine rings is 1. The molecular weight excluding hydrogens is 1750 g/mol. The lowest BCUT2D eigenvalue weighted by atomic mass is 9.89. The van der Waals surface area contributed by atoms with Gasteiger partial charge in [0.1, 0.15) is 17.2 Å². The van der Waals surface area contributed by atoms with Crippen LogP contribution in [0.15, 0.2) is 201 Å². The highest BCUT2D eigenvalue weighted by Crippen LogP contribution is 2.38. The molecule has 0 spiro atoms. The fourth-order valence-corrected chi connectivity index (χ4v) is 17.9. The average molecular weight is 1870 g/mol. The van der Waals surface area contributed by atoms with E-state index in [1.165, 1.54) is 41.7 Å². The van der Waals surface area contributed by atoms with Crippen molar-refractivity contribution < 1.29 is 31.8 Å². The van der Waals surface area contributed by atoms with Gasteiger partial charge >= 0.3 is 0 Å². The van der Waals surface area contributed by atoms with Crippen molar-refractivity contribution in [1.82, 2.24) is 59.5 Å². The molecule has 134 heavy (non-hydrogen) atoms. The molecule has 8 heterocycles. The number of ether oxygens (including phenoxy) is 3. The van der Waals surface area contributed by atoms with Crippen LogP contribution in [0.1, 0.15) is 142 Å². The number of aryl methyl sites for hydroxylation is 3. The van der Waals surface area contributed by atoms with E-state index in [0.717, 1.165) is 195 Å². The second-order valence-corrected chi connectivity index (χ2v) is 40.2. The van der Waals surface area contributed by atoms with Gasteiger partial charge in [-0.2, -0.15) is 0 Å². The van der Waals surface area contributed by atoms with E-state index < -0.39 is 20.4 Å². The average Bonchev–Trinajstić information content (AvgIpc) is 1.18. The van der Waals surface area contributed by atoms with Gasteiger partial charge in [0.2, 0.25) is 23.8 Å². The number of piperazine rings is 3. The number of aromatic nitrogens is 8. The van der Waals surface area contributed by atoms with Gasteiger partial charge in [0.15, 0.2) is 21.4 Å². The first-order valence-corrected chi connectivity index (χ1v) is 48.5. The number of likely N-dealkylation sites (N-methyl/N-ethyl adjacent to an activating group) is 3. The number of likely N-dealkylation sites (tertiary alicyclic amines) is 1. The molecule has 5 aliphatic rings. The second-order valence-electron chi connectivity index (χ2n) is 36.6. The Balaban J connectivity index is 0.000000144. The van der Waals surface area contributed by atoms with E-state index in [0.29, 0.717) is 101 Å². The highest BCUT2D eigenvalue weighted by Gasteiger charge is 2.30. The van der Waals surface area contributed by atoms with Crippen LogP contribution < -0.4 is 50.2 Å². The van der Waals surface area contributed by atoms with Crippen LogP contribution in [-0.2, 0) is 41.3 Å². The van der Waals surface area contributed by atoms with E-state index in [1.807, 2.05) is 124 Å². The monoisotopic (exact) mass is 1870 g/mol. The number of hydrogen-bond donors (Lipinski definition) is 4. The number of hydrogen-bond acceptors (Lipinski definition) is 25. The molecule has 0 atom stereocenters. The van der Waals surface area contributed by atoms with Gasteiger partial charge in [-0.05, 0) is 268 Å². The van der Waals surface area contributed by atoms with E-state index >= 15 is 0 Å². The zero-order valence-corrected chi connectivity index (χ0v) is 81.7. The number of methoxy groups -OCH3 is 3. The molecule has 12 aromatic rings. The SMILES string of the molecule is CN1CCN(c2ccc(Nc3ncc(F)c(Cc4ccc(C(=O)CC5CC5)cc4)n3)cc2)CC1.COc1cc(Cc2cc(C)nc(Nc3ccc(N4CCN(C)CC4)cc3)n2)ccc1Cl.COc1cc(Cc2nc(Nc3ccc(N4CCN(C)CC4)cc3)ncc2C)c(OC)cc1Cl.Cc1cnc(Nc2ccc(C3CCN(C)CC3)cc2)nc1Cc1cccc(CS(=O)(=O)C(C)(C)C)c1. The molecule has 4 N–H and O–H groups in total. The second kappa shape index (κ2) is 45.9. The molecule has 4 aliphatic heterocycles. The zero-order valence-electron chi connectivity index (χ0n) is 79.4. The highest BCUT2D eigenvalue weighted by molar-refractivity contribution is 7.92. The van der Waals surface area contributed by atoms with E-state index in [4.69, 9.17) is 52.4 Å². The molecule has 1 aliphatic carbocycles. The molecule has 17 rings (SSSR count). The maximum atomic E-state index is 14.4. The van der Waals surface area contributed by atoms with Crippen LogP contribution in [0.3, 0.4) is 0 Å². The summed E-state index contributed by atoms with van der Waals surface area (Å²) in [6, 6.07) is 60.4. The molecule has 1 saturated carbocycles. The maximum Gasteiger partial charge on any atom is 0.227 e. The van der Waals surface area contributed by atoms with Crippen molar-refractivity contribution in [2.45, 2.75) is 116 Å². The lowest BCUT2D eigenvalue weighted by molar-refractivity contribution is 0.0976. The molecular formula is C105H126Cl2FN19O6S. The van der Waals surface area contributed by atoms with E-state index in [2.05, 4.69) is 194 Å². The molecule has 29 heteroatoms. The van der Waals surface area contributed by atoms with Crippen LogP contribution in [0.4, 0.5) is 68.0 Å². The molecule has 0 radical (unpaired) electrons. The van der Waals surface area contributed by atoms with Gasteiger partial charge in [-0.1, -0.05) is 89.9 Å². The number of rotatable bonds is 28. The van der Waals surface area contributed by atoms with Crippen LogP contribution in [0.25, 0.3) is 0 Å². The minimum atomic E-state index is -3.24. The third kappa shape index (κ3) is 27.9. The van der Waals surface area contributed by atoms with Gasteiger partial charge in [-0.25, -0.2) is 52.7 Å². The summed E-state index contributed by atoms with van der Waals surface area (Å²) in [5.74, 6) is 5.04. The Morgan fingerprint density at radius 1 is 0.433 bits per heavy atom. The van der Waals surface area contributed by atoms with Gasteiger partial charge in [0, 0.05) is 186 Å². The number of carbonyl (C=O) groups is 1. The number of benzene rings is 8. The van der Waals surface area contributed by atoms with Crippen molar-refractivity contribution in [3.05, 3.63) is 295 Å². The summed E-state index contributed by atoms with van der Waals surface area (Å²) < 4.78 is 55.2. The number of halogens is 3. The Morgan fingerprint density at radius 3 is 1.36 bits per heavy atom. The summed E-state index contributed by atoms with van der Waals surface area (Å²) in [5, 5.41) is 14.3. The van der Waals surface area contributed by atoms with Gasteiger partial charge in [0.25, 0.3) is 0 Å². The smallest absolute Gasteiger partial charge is 0.227 e. The quantitative estimate of drug-likeness (QED) is 0.0333. The summed E-state index contributed by atoms with van der Waals surface area (Å²) in [7, 11) is 10.3. The predicted octanol–water partition coefficient (Wildman–Crippen LogP) is 19.4. The largest absolute Gasteiger partial charge is 0.496 e. The van der Waals surface area contributed by atoms with Crippen LogP contribution >= 0.6 is 23.2 Å². The molecule has 8 aromatic carbocycles. The van der Waals surface area contributed by atoms with E-state index in [1.54, 1.807) is 48.2 Å². The minimum absolute atomic E-state index is 0.0352. The van der Waals surface area contributed by atoms with Crippen molar-refractivity contribution in [3.63, 3.8) is 0 Å². The Bertz CT molecular complexity index is 6030. The van der Waals surface area contributed by atoms with Gasteiger partial charge in [-0.15, -0.1) is 0 Å². The van der Waals surface area contributed by atoms with Gasteiger partial charge < -0.3 is 69.8 Å². The first-order valence-electron chi connectivity index (χ1n) is 46.1. The normalized spacial score (nSPS) is 15.3. The molecule has 0 amide bonds. The summed E-state index contributed by atoms with van der Waals surface area (Å²) in [6.07, 6.45) is 12.4. The fraction of sp³-hybridized carbons (Fsp3) is 0.381. The first kappa shape index (κ1) is 98.1. The fourth-order valence-electron chi connectivity index (χ4n) is 16.4. The van der Waals surface area contributed by atoms with Crippen molar-refractivity contribution >= 4 is 102 Å². The number of nitrogens with one attached hydrogen (secondary N) is 4. The molecule has 704 valence electrons. The van der Waals surface area contributed by atoms with Crippen molar-refractivity contribution in [2.75, 3.05) is 177 Å². The number of anilines is 11. The van der Waals surface area contributed by atoms with Crippen molar-refractivity contribution in [3.8, 4) is 17.2 Å². The predicted molar refractivity (Wildman–Crippen MR) is 541 cm³/mol. The summed E-state index contributed by atoms with van der Waals surface area (Å²) in [5.41, 5.74) is 20.3. The first-order chi connectivity index (χ1) is 64.5. The maximum absolute atomic E-state index is 14.4. The lowest BCUT2D eigenvalue weighted by Crippen LogP contribution is -2.44.